The maximum atomic E-state index is 12.0. The third-order valence-corrected chi connectivity index (χ3v) is 4.88. The van der Waals surface area contributed by atoms with E-state index in [2.05, 4.69) is 18.1 Å². The molecule has 0 saturated heterocycles. The van der Waals surface area contributed by atoms with Gasteiger partial charge in [-0.1, -0.05) is 12.2 Å². The lowest BCUT2D eigenvalue weighted by Gasteiger charge is -2.18. The molecule has 0 fully saturated rings. The Bertz CT molecular complexity index is 570. The normalized spacial score (nSPS) is 11.6. The predicted molar refractivity (Wildman–Crippen MR) is 89.6 cm³/mol. The van der Waals surface area contributed by atoms with E-state index in [4.69, 9.17) is 4.74 Å². The van der Waals surface area contributed by atoms with Crippen molar-refractivity contribution in [2.75, 3.05) is 40.3 Å². The first kappa shape index (κ1) is 18.4. The molecule has 0 radical (unpaired) electrons. The molecule has 0 bridgehead atoms. The highest BCUT2D eigenvalue weighted by Crippen LogP contribution is 2.18. The minimum absolute atomic E-state index is 0.254. The average Bonchev–Trinajstić information content (AvgIpc) is 2.48. The molecule has 0 atom stereocenters. The van der Waals surface area contributed by atoms with Gasteiger partial charge < -0.3 is 4.74 Å². The fourth-order valence-corrected chi connectivity index (χ4v) is 2.74. The summed E-state index contributed by atoms with van der Waals surface area (Å²) >= 11 is 0. The third kappa shape index (κ3) is 5.29. The van der Waals surface area contributed by atoms with Gasteiger partial charge in [-0.25, -0.2) is 12.7 Å². The molecule has 6 heteroatoms. The van der Waals surface area contributed by atoms with E-state index in [0.717, 1.165) is 19.6 Å². The molecule has 1 aromatic carbocycles. The highest BCUT2D eigenvalue weighted by atomic mass is 32.2. The van der Waals surface area contributed by atoms with E-state index in [1.807, 2.05) is 12.2 Å². The van der Waals surface area contributed by atoms with Crippen LogP contribution in [-0.4, -0.2) is 58.0 Å². The zero-order valence-corrected chi connectivity index (χ0v) is 14.1. The first-order chi connectivity index (χ1) is 10.4. The molecule has 0 heterocycles. The standard InChI is InChI=1S/C16H24N2O3S/c1-5-11-18(12-6-2)13-14-21-15-7-9-16(10-8-15)22(19,20)17(3)4/h5-10H,1-2,11-14H2,3-4H3. The van der Waals surface area contributed by atoms with Crippen LogP contribution in [0.1, 0.15) is 0 Å². The number of benzene rings is 1. The van der Waals surface area contributed by atoms with Crippen LogP contribution in [0.2, 0.25) is 0 Å². The number of hydrogen-bond acceptors (Lipinski definition) is 4. The Morgan fingerprint density at radius 2 is 1.64 bits per heavy atom. The summed E-state index contributed by atoms with van der Waals surface area (Å²) in [6.45, 7) is 10.2. The Morgan fingerprint density at radius 1 is 1.09 bits per heavy atom. The Balaban J connectivity index is 2.58. The van der Waals surface area contributed by atoms with Gasteiger partial charge in [-0.05, 0) is 24.3 Å². The summed E-state index contributed by atoms with van der Waals surface area (Å²) in [6.07, 6.45) is 3.68. The molecule has 22 heavy (non-hydrogen) atoms. The molecule has 0 saturated carbocycles. The van der Waals surface area contributed by atoms with E-state index < -0.39 is 10.0 Å². The van der Waals surface area contributed by atoms with Crippen molar-refractivity contribution in [3.05, 3.63) is 49.6 Å². The van der Waals surface area contributed by atoms with Gasteiger partial charge in [0.05, 0.1) is 4.90 Å². The Morgan fingerprint density at radius 3 is 2.09 bits per heavy atom. The zero-order valence-electron chi connectivity index (χ0n) is 13.2. The molecule has 122 valence electrons. The molecular formula is C16H24N2O3S. The van der Waals surface area contributed by atoms with Crippen molar-refractivity contribution in [1.82, 2.24) is 9.21 Å². The molecule has 0 aliphatic heterocycles. The number of ether oxygens (including phenoxy) is 1. The fraction of sp³-hybridized carbons (Fsp3) is 0.375. The lowest BCUT2D eigenvalue weighted by Crippen LogP contribution is -2.28. The van der Waals surface area contributed by atoms with Gasteiger partial charge in [0.25, 0.3) is 0 Å². The monoisotopic (exact) mass is 324 g/mol. The maximum absolute atomic E-state index is 12.0. The van der Waals surface area contributed by atoms with Crippen LogP contribution in [0.5, 0.6) is 5.75 Å². The summed E-state index contributed by atoms with van der Waals surface area (Å²) in [6, 6.07) is 6.44. The molecule has 0 aliphatic carbocycles. The molecule has 0 aromatic heterocycles. The Hall–Kier alpha value is -1.63. The summed E-state index contributed by atoms with van der Waals surface area (Å²) in [7, 11) is -0.380. The predicted octanol–water partition coefficient (Wildman–Crippen LogP) is 1.99. The second kappa shape index (κ2) is 8.73. The summed E-state index contributed by atoms with van der Waals surface area (Å²) in [5, 5.41) is 0. The van der Waals surface area contributed by atoms with Crippen LogP contribution in [0.4, 0.5) is 0 Å². The van der Waals surface area contributed by atoms with Gasteiger partial charge in [-0.2, -0.15) is 0 Å². The number of sulfonamides is 1. The first-order valence-corrected chi connectivity index (χ1v) is 8.45. The van der Waals surface area contributed by atoms with Gasteiger partial charge >= 0.3 is 0 Å². The van der Waals surface area contributed by atoms with Crippen molar-refractivity contribution in [1.29, 1.82) is 0 Å². The third-order valence-electron chi connectivity index (χ3n) is 3.05. The Kier molecular flexibility index (Phi) is 7.31. The van der Waals surface area contributed by atoms with Crippen LogP contribution in [-0.2, 0) is 10.0 Å². The van der Waals surface area contributed by atoms with E-state index in [1.54, 1.807) is 24.3 Å². The van der Waals surface area contributed by atoms with E-state index in [9.17, 15) is 8.42 Å². The lowest BCUT2D eigenvalue weighted by molar-refractivity contribution is 0.236. The number of rotatable bonds is 10. The van der Waals surface area contributed by atoms with Crippen LogP contribution < -0.4 is 4.74 Å². The smallest absolute Gasteiger partial charge is 0.242 e. The number of hydrogen-bond donors (Lipinski definition) is 0. The molecule has 0 N–H and O–H groups in total. The van der Waals surface area contributed by atoms with Crippen molar-refractivity contribution < 1.29 is 13.2 Å². The Labute approximate surface area is 133 Å². The fourth-order valence-electron chi connectivity index (χ4n) is 1.83. The van der Waals surface area contributed by atoms with Gasteiger partial charge in [0.15, 0.2) is 0 Å². The molecule has 1 aromatic rings. The number of nitrogens with zero attached hydrogens (tertiary/aromatic N) is 2. The van der Waals surface area contributed by atoms with Crippen molar-refractivity contribution in [2.45, 2.75) is 4.90 Å². The zero-order chi connectivity index (χ0) is 16.6. The van der Waals surface area contributed by atoms with E-state index in [1.165, 1.54) is 18.4 Å². The van der Waals surface area contributed by atoms with Gasteiger partial charge in [0.1, 0.15) is 12.4 Å². The van der Waals surface area contributed by atoms with Crippen molar-refractivity contribution in [3.8, 4) is 5.75 Å². The summed E-state index contributed by atoms with van der Waals surface area (Å²) in [5.41, 5.74) is 0. The average molecular weight is 324 g/mol. The van der Waals surface area contributed by atoms with Gasteiger partial charge in [0.2, 0.25) is 10.0 Å². The molecule has 1 rings (SSSR count). The summed E-state index contributed by atoms with van der Waals surface area (Å²) in [5.74, 6) is 0.648. The molecule has 0 aliphatic rings. The molecule has 0 unspecified atom stereocenters. The highest BCUT2D eigenvalue weighted by Gasteiger charge is 2.16. The lowest BCUT2D eigenvalue weighted by atomic mass is 10.3. The summed E-state index contributed by atoms with van der Waals surface area (Å²) in [4.78, 5) is 2.40. The highest BCUT2D eigenvalue weighted by molar-refractivity contribution is 7.89. The topological polar surface area (TPSA) is 49.9 Å². The van der Waals surface area contributed by atoms with Crippen molar-refractivity contribution in [3.63, 3.8) is 0 Å². The van der Waals surface area contributed by atoms with Crippen LogP contribution in [0.3, 0.4) is 0 Å². The van der Waals surface area contributed by atoms with Gasteiger partial charge in [-0.3, -0.25) is 4.90 Å². The van der Waals surface area contributed by atoms with Crippen LogP contribution in [0, 0.1) is 0 Å². The quantitative estimate of drug-likeness (QED) is 0.618. The first-order valence-electron chi connectivity index (χ1n) is 7.01. The summed E-state index contributed by atoms with van der Waals surface area (Å²) < 4.78 is 30.7. The van der Waals surface area contributed by atoms with E-state index >= 15 is 0 Å². The van der Waals surface area contributed by atoms with Crippen LogP contribution in [0.25, 0.3) is 0 Å². The molecular weight excluding hydrogens is 300 g/mol. The second-order valence-electron chi connectivity index (χ2n) is 4.94. The maximum Gasteiger partial charge on any atom is 0.242 e. The van der Waals surface area contributed by atoms with Crippen molar-refractivity contribution in [2.24, 2.45) is 0 Å². The van der Waals surface area contributed by atoms with Crippen molar-refractivity contribution >= 4 is 10.0 Å². The minimum Gasteiger partial charge on any atom is -0.492 e. The molecule has 0 amide bonds. The van der Waals surface area contributed by atoms with E-state index in [-0.39, 0.29) is 4.90 Å². The van der Waals surface area contributed by atoms with Crippen LogP contribution >= 0.6 is 0 Å². The van der Waals surface area contributed by atoms with E-state index in [0.29, 0.717) is 12.4 Å². The second-order valence-corrected chi connectivity index (χ2v) is 7.10. The minimum atomic E-state index is -3.39. The van der Waals surface area contributed by atoms with Gasteiger partial charge in [-0.15, -0.1) is 13.2 Å². The largest absolute Gasteiger partial charge is 0.492 e. The van der Waals surface area contributed by atoms with Crippen LogP contribution in [0.15, 0.2) is 54.5 Å². The van der Waals surface area contributed by atoms with Gasteiger partial charge in [0, 0.05) is 33.7 Å². The SMILES string of the molecule is C=CCN(CC=C)CCOc1ccc(S(=O)(=O)N(C)C)cc1. The molecule has 5 nitrogen and oxygen atoms in total. The molecule has 0 spiro atoms.